The van der Waals surface area contributed by atoms with Crippen LogP contribution in [0.2, 0.25) is 0 Å². The lowest BCUT2D eigenvalue weighted by Crippen LogP contribution is -2.28. The van der Waals surface area contributed by atoms with Gasteiger partial charge in [0.2, 0.25) is 0 Å². The van der Waals surface area contributed by atoms with Gasteiger partial charge in [-0.2, -0.15) is 0 Å². The molecule has 0 spiro atoms. The molecule has 0 aromatic heterocycles. The van der Waals surface area contributed by atoms with Gasteiger partial charge in [0.1, 0.15) is 6.61 Å². The van der Waals surface area contributed by atoms with E-state index < -0.39 is 24.6 Å². The first kappa shape index (κ1) is 32.4. The zero-order valence-electron chi connectivity index (χ0n) is 19.9. The Morgan fingerprint density at radius 1 is 0.824 bits per heavy atom. The molecule has 6 heteroatoms. The van der Waals surface area contributed by atoms with Crippen LogP contribution in [0.25, 0.3) is 0 Å². The summed E-state index contributed by atoms with van der Waals surface area (Å²) in [6.45, 7) is 1.47. The lowest BCUT2D eigenvalue weighted by atomic mass is 10.1. The molecule has 0 bridgehead atoms. The second kappa shape index (κ2) is 25.5. The monoisotopic (exact) mass is 485 g/mol. The average molecular weight is 486 g/mol. The lowest BCUT2D eigenvalue weighted by molar-refractivity contribution is -0.159. The van der Waals surface area contributed by atoms with Crippen molar-refractivity contribution in [1.82, 2.24) is 6.15 Å². The van der Waals surface area contributed by atoms with E-state index in [1.165, 1.54) is 38.5 Å². The van der Waals surface area contributed by atoms with Crippen LogP contribution in [0.1, 0.15) is 86.8 Å². The highest BCUT2D eigenvalue weighted by molar-refractivity contribution is 5.89. The van der Waals surface area contributed by atoms with Crippen LogP contribution in [-0.4, -0.2) is 36.4 Å². The van der Waals surface area contributed by atoms with E-state index in [2.05, 4.69) is 72.0 Å². The minimum atomic E-state index is -0.921. The minimum Gasteiger partial charge on any atom is -0.456 e. The number of terminal acetylenes is 1. The molecule has 0 saturated carbocycles. The molecule has 0 aromatic rings. The lowest BCUT2D eigenvalue weighted by Gasteiger charge is -2.14. The second-order valence-corrected chi connectivity index (χ2v) is 6.87. The standard InChI is InChI=1S/C28H30O5.H3N.11H2/c1-3-5-7-9-11-13-15-16-18-20-22-27(30)32-25-26(24-29)33-28(31)23-21-19-17-14-12-10-8-6-4-2;;;;;;;;;;;;/h1,26,29H,4,6,8,10,12,14,17,19,21,23-25H2,2H3;1H3;11*1H/t26-;;;;;;;;;;;;/m0............/s1. The number of aliphatic hydroxyl groups is 1. The maximum Gasteiger partial charge on any atom is 0.385 e. The first-order chi connectivity index (χ1) is 16.1. The van der Waals surface area contributed by atoms with Crippen molar-refractivity contribution >= 4 is 11.9 Å². The van der Waals surface area contributed by atoms with Crippen LogP contribution in [0, 0.1) is 71.5 Å². The van der Waals surface area contributed by atoms with Crippen LogP contribution >= 0.6 is 0 Å². The SMILES string of the molecule is C#CC#CC#CC#CC#CC#CC(=O)OC[C@H](CO)OC(=O)CCCCCCCCCCC.N.[HH].[HH].[HH].[HH].[HH].[HH].[HH].[HH].[HH].[HH].[HH]. The van der Waals surface area contributed by atoms with Gasteiger partial charge in [0.15, 0.2) is 6.10 Å². The molecule has 0 heterocycles. The number of hydrogen-bond donors (Lipinski definition) is 2. The molecular weight excluding hydrogens is 430 g/mol. The molecule has 34 heavy (non-hydrogen) atoms. The smallest absolute Gasteiger partial charge is 0.385 e. The van der Waals surface area contributed by atoms with Gasteiger partial charge in [-0.05, 0) is 65.6 Å². The van der Waals surface area contributed by atoms with Crippen molar-refractivity contribution in [2.75, 3.05) is 13.2 Å². The summed E-state index contributed by atoms with van der Waals surface area (Å²) in [6.07, 6.45) is 14.6. The molecule has 0 aliphatic carbocycles. The molecule has 6 nitrogen and oxygen atoms in total. The third-order valence-electron chi connectivity index (χ3n) is 4.12. The number of carbonyl (C=O) groups is 2. The Balaban J connectivity index is -0.0000000776. The quantitative estimate of drug-likeness (QED) is 0.138. The molecule has 202 valence electrons. The van der Waals surface area contributed by atoms with Crippen molar-refractivity contribution in [3.63, 3.8) is 0 Å². The van der Waals surface area contributed by atoms with E-state index in [1.54, 1.807) is 0 Å². The summed E-state index contributed by atoms with van der Waals surface area (Å²) in [5.41, 5.74) is 0. The summed E-state index contributed by atoms with van der Waals surface area (Å²) in [4.78, 5) is 23.4. The predicted molar refractivity (Wildman–Crippen MR) is 156 cm³/mol. The maximum absolute atomic E-state index is 11.9. The van der Waals surface area contributed by atoms with Gasteiger partial charge in [0.05, 0.1) is 6.61 Å². The van der Waals surface area contributed by atoms with E-state index in [1.807, 2.05) is 0 Å². The van der Waals surface area contributed by atoms with Crippen molar-refractivity contribution < 1.29 is 39.9 Å². The summed E-state index contributed by atoms with van der Waals surface area (Å²) in [5.74, 6) is 24.3. The summed E-state index contributed by atoms with van der Waals surface area (Å²) >= 11 is 0. The highest BCUT2D eigenvalue weighted by Crippen LogP contribution is 2.11. The van der Waals surface area contributed by atoms with E-state index >= 15 is 0 Å². The third-order valence-corrected chi connectivity index (χ3v) is 4.12. The fourth-order valence-electron chi connectivity index (χ4n) is 2.49. The Labute approximate surface area is 220 Å². The van der Waals surface area contributed by atoms with E-state index in [4.69, 9.17) is 15.9 Å². The summed E-state index contributed by atoms with van der Waals surface area (Å²) in [5, 5.41) is 9.31. The molecular formula is C28H55NO5. The Hall–Kier alpha value is -3.78. The minimum absolute atomic E-state index is 0. The normalized spacial score (nSPS) is 8.97. The second-order valence-electron chi connectivity index (χ2n) is 6.87. The molecule has 1 atom stereocenters. The number of hydrogen-bond acceptors (Lipinski definition) is 6. The fourth-order valence-corrected chi connectivity index (χ4v) is 2.49. The van der Waals surface area contributed by atoms with Crippen molar-refractivity contribution in [2.24, 2.45) is 0 Å². The molecule has 0 aliphatic rings. The highest BCUT2D eigenvalue weighted by Gasteiger charge is 2.15. The van der Waals surface area contributed by atoms with E-state index in [-0.39, 0.29) is 34.9 Å². The van der Waals surface area contributed by atoms with E-state index in [0.29, 0.717) is 0 Å². The number of carbonyl (C=O) groups excluding carboxylic acids is 2. The molecule has 0 unspecified atom stereocenters. The van der Waals surface area contributed by atoms with Crippen LogP contribution in [0.15, 0.2) is 0 Å². The largest absolute Gasteiger partial charge is 0.456 e. The molecule has 0 saturated heterocycles. The van der Waals surface area contributed by atoms with Gasteiger partial charge in [-0.25, -0.2) is 4.79 Å². The average Bonchev–Trinajstić information content (AvgIpc) is 2.81. The van der Waals surface area contributed by atoms with Crippen LogP contribution < -0.4 is 6.15 Å². The first-order valence-corrected chi connectivity index (χ1v) is 11.1. The van der Waals surface area contributed by atoms with Crippen LogP contribution in [0.5, 0.6) is 0 Å². The number of esters is 2. The molecule has 4 N–H and O–H groups in total. The number of unbranched alkanes of at least 4 members (excludes halogenated alkanes) is 8. The van der Waals surface area contributed by atoms with Gasteiger partial charge < -0.3 is 20.7 Å². The van der Waals surface area contributed by atoms with Crippen molar-refractivity contribution in [3.05, 3.63) is 0 Å². The maximum atomic E-state index is 11.9. The third kappa shape index (κ3) is 22.9. The van der Waals surface area contributed by atoms with E-state index in [0.717, 1.165) is 19.3 Å². The van der Waals surface area contributed by atoms with Gasteiger partial charge >= 0.3 is 11.9 Å². The summed E-state index contributed by atoms with van der Waals surface area (Å²) < 4.78 is 10.0. The van der Waals surface area contributed by atoms with Gasteiger partial charge in [-0.1, -0.05) is 58.3 Å². The molecule has 0 aliphatic heterocycles. The van der Waals surface area contributed by atoms with Crippen molar-refractivity contribution in [3.8, 4) is 71.5 Å². The number of rotatable bonds is 14. The summed E-state index contributed by atoms with van der Waals surface area (Å²) in [6, 6.07) is 0. The van der Waals surface area contributed by atoms with Gasteiger partial charge in [-0.3, -0.25) is 4.79 Å². The highest BCUT2D eigenvalue weighted by atomic mass is 16.6. The first-order valence-electron chi connectivity index (χ1n) is 11.1. The molecule has 0 radical (unpaired) electrons. The molecule has 0 rings (SSSR count). The van der Waals surface area contributed by atoms with Crippen LogP contribution in [0.4, 0.5) is 0 Å². The van der Waals surface area contributed by atoms with Crippen molar-refractivity contribution in [1.29, 1.82) is 0 Å². The molecule has 0 aromatic carbocycles. The van der Waals surface area contributed by atoms with Crippen LogP contribution in [-0.2, 0) is 19.1 Å². The predicted octanol–water partition coefficient (Wildman–Crippen LogP) is 5.87. The van der Waals surface area contributed by atoms with Crippen LogP contribution in [0.3, 0.4) is 0 Å². The van der Waals surface area contributed by atoms with Gasteiger partial charge in [0, 0.05) is 28.0 Å². The number of ether oxygens (including phenoxy) is 2. The zero-order chi connectivity index (χ0) is 24.4. The Kier molecular flexibility index (Phi) is 24.3. The number of aliphatic hydroxyl groups excluding tert-OH is 1. The zero-order valence-corrected chi connectivity index (χ0v) is 19.9. The fraction of sp³-hybridized carbons (Fsp3) is 0.500. The Morgan fingerprint density at radius 2 is 1.32 bits per heavy atom. The van der Waals surface area contributed by atoms with Gasteiger partial charge in [0.25, 0.3) is 0 Å². The van der Waals surface area contributed by atoms with Gasteiger partial charge in [-0.15, -0.1) is 6.42 Å². The summed E-state index contributed by atoms with van der Waals surface area (Å²) in [7, 11) is 0. The topological polar surface area (TPSA) is 108 Å². The Morgan fingerprint density at radius 3 is 1.85 bits per heavy atom. The van der Waals surface area contributed by atoms with Crippen molar-refractivity contribution in [2.45, 2.75) is 77.2 Å². The van der Waals surface area contributed by atoms with E-state index in [9.17, 15) is 14.7 Å². The Bertz CT molecular complexity index is 986. The molecule has 0 fully saturated rings. The molecule has 0 amide bonds.